The number of aliphatic hydroxyl groups is 1. The van der Waals surface area contributed by atoms with E-state index in [0.29, 0.717) is 6.04 Å². The highest BCUT2D eigenvalue weighted by Crippen LogP contribution is 2.14. The Balaban J connectivity index is 2.07. The molecule has 0 aliphatic carbocycles. The van der Waals surface area contributed by atoms with Gasteiger partial charge in [0.1, 0.15) is 0 Å². The molecule has 2 nitrogen and oxygen atoms in total. The minimum atomic E-state index is -0.0736. The van der Waals surface area contributed by atoms with Crippen LogP contribution in [-0.4, -0.2) is 23.8 Å². The van der Waals surface area contributed by atoms with Crippen molar-refractivity contribution in [1.82, 2.24) is 5.32 Å². The second-order valence-electron chi connectivity index (χ2n) is 4.18. The third kappa shape index (κ3) is 4.63. The summed E-state index contributed by atoms with van der Waals surface area (Å²) >= 11 is 0. The van der Waals surface area contributed by atoms with Gasteiger partial charge in [-0.25, -0.2) is 0 Å². The van der Waals surface area contributed by atoms with Gasteiger partial charge in [0, 0.05) is 6.04 Å². The van der Waals surface area contributed by atoms with E-state index in [1.54, 1.807) is 0 Å². The fourth-order valence-electron chi connectivity index (χ4n) is 2.01. The summed E-state index contributed by atoms with van der Waals surface area (Å²) in [6.07, 6.45) is 8.11. The summed E-state index contributed by atoms with van der Waals surface area (Å²) in [7, 11) is 0. The minimum absolute atomic E-state index is 0.0736. The van der Waals surface area contributed by atoms with Crippen molar-refractivity contribution in [3.8, 4) is 0 Å². The van der Waals surface area contributed by atoms with Crippen LogP contribution in [0.3, 0.4) is 0 Å². The number of unbranched alkanes of at least 4 members (excludes halogenated alkanes) is 1. The van der Waals surface area contributed by atoms with Crippen molar-refractivity contribution >= 4 is 0 Å². The maximum absolute atomic E-state index is 9.69. The van der Waals surface area contributed by atoms with Gasteiger partial charge < -0.3 is 10.4 Å². The molecule has 2 atom stereocenters. The summed E-state index contributed by atoms with van der Waals surface area (Å²) in [5.74, 6) is 0. The second kappa shape index (κ2) is 6.39. The van der Waals surface area contributed by atoms with Gasteiger partial charge in [-0.3, -0.25) is 0 Å². The van der Waals surface area contributed by atoms with Crippen LogP contribution in [0.4, 0.5) is 0 Å². The molecule has 2 heteroatoms. The van der Waals surface area contributed by atoms with E-state index in [9.17, 15) is 5.11 Å². The average molecular weight is 185 g/mol. The van der Waals surface area contributed by atoms with E-state index in [-0.39, 0.29) is 6.10 Å². The van der Waals surface area contributed by atoms with Crippen molar-refractivity contribution < 1.29 is 5.11 Å². The van der Waals surface area contributed by atoms with Crippen LogP contribution in [0.2, 0.25) is 0 Å². The third-order valence-electron chi connectivity index (χ3n) is 2.86. The molecule has 2 N–H and O–H groups in total. The molecular weight excluding hydrogens is 162 g/mol. The largest absolute Gasteiger partial charge is 0.393 e. The number of hydrogen-bond acceptors (Lipinski definition) is 2. The monoisotopic (exact) mass is 185 g/mol. The van der Waals surface area contributed by atoms with E-state index in [1.165, 1.54) is 25.7 Å². The summed E-state index contributed by atoms with van der Waals surface area (Å²) in [4.78, 5) is 0. The lowest BCUT2D eigenvalue weighted by Crippen LogP contribution is -2.36. The zero-order valence-electron chi connectivity index (χ0n) is 8.76. The van der Waals surface area contributed by atoms with Crippen LogP contribution in [0.25, 0.3) is 0 Å². The Hall–Kier alpha value is -0.0800. The molecule has 0 radical (unpaired) electrons. The van der Waals surface area contributed by atoms with Crippen molar-refractivity contribution in [2.24, 2.45) is 0 Å². The SMILES string of the molecule is CCCCC(O)CC1CCCCN1. The van der Waals surface area contributed by atoms with Gasteiger partial charge in [0.05, 0.1) is 6.10 Å². The van der Waals surface area contributed by atoms with E-state index in [4.69, 9.17) is 0 Å². The zero-order chi connectivity index (χ0) is 9.52. The van der Waals surface area contributed by atoms with Crippen LogP contribution in [0, 0.1) is 0 Å². The molecule has 0 spiro atoms. The van der Waals surface area contributed by atoms with Crippen LogP contribution < -0.4 is 5.32 Å². The van der Waals surface area contributed by atoms with Crippen LogP contribution in [0.15, 0.2) is 0 Å². The fraction of sp³-hybridized carbons (Fsp3) is 1.00. The predicted octanol–water partition coefficient (Wildman–Crippen LogP) is 2.07. The maximum atomic E-state index is 9.69. The Morgan fingerprint density at radius 1 is 1.46 bits per heavy atom. The molecule has 0 bridgehead atoms. The van der Waals surface area contributed by atoms with Crippen LogP contribution in [-0.2, 0) is 0 Å². The summed E-state index contributed by atoms with van der Waals surface area (Å²) < 4.78 is 0. The molecule has 1 saturated heterocycles. The number of nitrogens with one attached hydrogen (secondary N) is 1. The first-order valence-electron chi connectivity index (χ1n) is 5.74. The minimum Gasteiger partial charge on any atom is -0.393 e. The van der Waals surface area contributed by atoms with Crippen LogP contribution in [0.5, 0.6) is 0 Å². The van der Waals surface area contributed by atoms with Crippen LogP contribution >= 0.6 is 0 Å². The van der Waals surface area contributed by atoms with Gasteiger partial charge in [-0.1, -0.05) is 26.2 Å². The first-order chi connectivity index (χ1) is 6.33. The van der Waals surface area contributed by atoms with Gasteiger partial charge in [-0.2, -0.15) is 0 Å². The maximum Gasteiger partial charge on any atom is 0.0555 e. The molecule has 1 rings (SSSR count). The lowest BCUT2D eigenvalue weighted by atomic mass is 9.97. The second-order valence-corrected chi connectivity index (χ2v) is 4.18. The normalized spacial score (nSPS) is 25.8. The smallest absolute Gasteiger partial charge is 0.0555 e. The molecule has 0 saturated carbocycles. The predicted molar refractivity (Wildman–Crippen MR) is 55.8 cm³/mol. The number of rotatable bonds is 5. The molecule has 0 aromatic heterocycles. The lowest BCUT2D eigenvalue weighted by molar-refractivity contribution is 0.131. The highest BCUT2D eigenvalue weighted by Gasteiger charge is 2.16. The summed E-state index contributed by atoms with van der Waals surface area (Å²) in [6, 6.07) is 0.584. The molecule has 1 heterocycles. The van der Waals surface area contributed by atoms with E-state index in [2.05, 4.69) is 12.2 Å². The van der Waals surface area contributed by atoms with E-state index in [1.807, 2.05) is 0 Å². The molecule has 1 aliphatic heterocycles. The van der Waals surface area contributed by atoms with Gasteiger partial charge in [0.2, 0.25) is 0 Å². The highest BCUT2D eigenvalue weighted by molar-refractivity contribution is 4.75. The Bertz CT molecular complexity index is 121. The Morgan fingerprint density at radius 3 is 2.92 bits per heavy atom. The average Bonchev–Trinajstić information content (AvgIpc) is 2.16. The number of aliphatic hydroxyl groups excluding tert-OH is 1. The fourth-order valence-corrected chi connectivity index (χ4v) is 2.01. The third-order valence-corrected chi connectivity index (χ3v) is 2.86. The summed E-state index contributed by atoms with van der Waals surface area (Å²) in [6.45, 7) is 3.32. The highest BCUT2D eigenvalue weighted by atomic mass is 16.3. The molecule has 2 unspecified atom stereocenters. The van der Waals surface area contributed by atoms with E-state index < -0.39 is 0 Å². The summed E-state index contributed by atoms with van der Waals surface area (Å²) in [5, 5.41) is 13.2. The van der Waals surface area contributed by atoms with Crippen molar-refractivity contribution in [2.75, 3.05) is 6.54 Å². The lowest BCUT2D eigenvalue weighted by Gasteiger charge is -2.25. The Morgan fingerprint density at radius 2 is 2.31 bits per heavy atom. The van der Waals surface area contributed by atoms with Gasteiger partial charge in [0.25, 0.3) is 0 Å². The molecule has 13 heavy (non-hydrogen) atoms. The number of hydrogen-bond donors (Lipinski definition) is 2. The quantitative estimate of drug-likeness (QED) is 0.687. The molecule has 0 amide bonds. The standard InChI is InChI=1S/C11H23NO/c1-2-3-7-11(13)9-10-6-4-5-8-12-10/h10-13H,2-9H2,1H3. The zero-order valence-corrected chi connectivity index (χ0v) is 8.76. The van der Waals surface area contributed by atoms with Gasteiger partial charge in [-0.05, 0) is 32.2 Å². The van der Waals surface area contributed by atoms with Crippen molar-refractivity contribution in [3.63, 3.8) is 0 Å². The molecule has 1 aliphatic rings. The Labute approximate surface area is 81.7 Å². The van der Waals surface area contributed by atoms with Crippen molar-refractivity contribution in [2.45, 2.75) is 64.0 Å². The van der Waals surface area contributed by atoms with Gasteiger partial charge in [0.15, 0.2) is 0 Å². The molecular formula is C11H23NO. The van der Waals surface area contributed by atoms with E-state index in [0.717, 1.165) is 25.8 Å². The summed E-state index contributed by atoms with van der Waals surface area (Å²) in [5.41, 5.74) is 0. The van der Waals surface area contributed by atoms with Gasteiger partial charge >= 0.3 is 0 Å². The van der Waals surface area contributed by atoms with Crippen molar-refractivity contribution in [3.05, 3.63) is 0 Å². The Kier molecular flexibility index (Phi) is 5.40. The first-order valence-corrected chi connectivity index (χ1v) is 5.74. The molecule has 0 aromatic rings. The topological polar surface area (TPSA) is 32.3 Å². The molecule has 1 fully saturated rings. The molecule has 0 aromatic carbocycles. The number of piperidine rings is 1. The first kappa shape index (κ1) is 11.0. The van der Waals surface area contributed by atoms with E-state index >= 15 is 0 Å². The van der Waals surface area contributed by atoms with Gasteiger partial charge in [-0.15, -0.1) is 0 Å². The van der Waals surface area contributed by atoms with Crippen LogP contribution in [0.1, 0.15) is 51.9 Å². The molecule has 78 valence electrons. The van der Waals surface area contributed by atoms with Crippen molar-refractivity contribution in [1.29, 1.82) is 0 Å².